The fourth-order valence-electron chi connectivity index (χ4n) is 2.75. The molecule has 0 aromatic heterocycles. The van der Waals surface area contributed by atoms with Gasteiger partial charge in [0.15, 0.2) is 0 Å². The number of esters is 1. The quantitative estimate of drug-likeness (QED) is 0.667. The summed E-state index contributed by atoms with van der Waals surface area (Å²) in [6, 6.07) is 6.49. The first kappa shape index (κ1) is 14.6. The van der Waals surface area contributed by atoms with Crippen LogP contribution in [0.2, 0.25) is 0 Å². The van der Waals surface area contributed by atoms with Gasteiger partial charge in [-0.15, -0.1) is 0 Å². The highest BCUT2D eigenvalue weighted by molar-refractivity contribution is 5.92. The van der Waals surface area contributed by atoms with E-state index in [1.807, 2.05) is 6.92 Å². The van der Waals surface area contributed by atoms with Crippen LogP contribution < -0.4 is 0 Å². The molecular weight excluding hydrogens is 252 g/mol. The number of benzene rings is 1. The summed E-state index contributed by atoms with van der Waals surface area (Å²) in [5.74, 6) is 0.0583. The monoisotopic (exact) mass is 274 g/mol. The van der Waals surface area contributed by atoms with E-state index in [1.165, 1.54) is 11.6 Å². The van der Waals surface area contributed by atoms with Crippen molar-refractivity contribution in [1.29, 1.82) is 0 Å². The Labute approximate surface area is 120 Å². The molecular formula is C17H22O3. The lowest BCUT2D eigenvalue weighted by atomic mass is 9.77. The van der Waals surface area contributed by atoms with Gasteiger partial charge >= 0.3 is 5.97 Å². The second-order valence-electron chi connectivity index (χ2n) is 5.98. The molecule has 0 amide bonds. The van der Waals surface area contributed by atoms with Gasteiger partial charge in [-0.3, -0.25) is 0 Å². The minimum atomic E-state index is -0.445. The average Bonchev–Trinajstić information content (AvgIpc) is 2.39. The standard InChI is InChI=1S/C17H22O3/c1-12(2)13-8-10-17(3,11-9-13)20-16(19)14-6-4-5-7-15(14)18/h4-7,13,18H,1,8-11H2,2-3H3. The van der Waals surface area contributed by atoms with Gasteiger partial charge in [-0.05, 0) is 57.6 Å². The first-order valence-corrected chi connectivity index (χ1v) is 7.08. The molecule has 1 fully saturated rings. The average molecular weight is 274 g/mol. The number of allylic oxidation sites excluding steroid dienone is 1. The van der Waals surface area contributed by atoms with Gasteiger partial charge in [0.1, 0.15) is 16.9 Å². The highest BCUT2D eigenvalue weighted by Crippen LogP contribution is 2.38. The van der Waals surface area contributed by atoms with Gasteiger partial charge in [-0.1, -0.05) is 24.3 Å². The van der Waals surface area contributed by atoms with Crippen LogP contribution >= 0.6 is 0 Å². The summed E-state index contributed by atoms with van der Waals surface area (Å²) in [7, 11) is 0. The van der Waals surface area contributed by atoms with Gasteiger partial charge in [-0.2, -0.15) is 0 Å². The fourth-order valence-corrected chi connectivity index (χ4v) is 2.75. The number of carbonyl (C=O) groups is 1. The predicted molar refractivity (Wildman–Crippen MR) is 78.7 cm³/mol. The van der Waals surface area contributed by atoms with Crippen molar-refractivity contribution in [2.75, 3.05) is 0 Å². The van der Waals surface area contributed by atoms with E-state index in [1.54, 1.807) is 18.2 Å². The van der Waals surface area contributed by atoms with Gasteiger partial charge in [0.2, 0.25) is 0 Å². The van der Waals surface area contributed by atoms with Crippen molar-refractivity contribution in [3.63, 3.8) is 0 Å². The molecule has 0 radical (unpaired) electrons. The Hall–Kier alpha value is -1.77. The van der Waals surface area contributed by atoms with Crippen molar-refractivity contribution in [3.8, 4) is 5.75 Å². The maximum Gasteiger partial charge on any atom is 0.342 e. The predicted octanol–water partition coefficient (Wildman–Crippen LogP) is 4.07. The lowest BCUT2D eigenvalue weighted by Crippen LogP contribution is -2.36. The van der Waals surface area contributed by atoms with Crippen LogP contribution in [0, 0.1) is 5.92 Å². The first-order chi connectivity index (χ1) is 9.41. The van der Waals surface area contributed by atoms with Crippen LogP contribution in [-0.2, 0) is 4.74 Å². The van der Waals surface area contributed by atoms with E-state index in [0.717, 1.165) is 25.7 Å². The van der Waals surface area contributed by atoms with Crippen LogP contribution in [0.3, 0.4) is 0 Å². The number of aromatic hydroxyl groups is 1. The van der Waals surface area contributed by atoms with Crippen molar-refractivity contribution in [3.05, 3.63) is 42.0 Å². The first-order valence-electron chi connectivity index (χ1n) is 7.08. The minimum Gasteiger partial charge on any atom is -0.507 e. The van der Waals surface area contributed by atoms with Crippen LogP contribution in [0.15, 0.2) is 36.4 Å². The van der Waals surface area contributed by atoms with Crippen LogP contribution in [0.1, 0.15) is 49.9 Å². The molecule has 0 bridgehead atoms. The van der Waals surface area contributed by atoms with Crippen molar-refractivity contribution >= 4 is 5.97 Å². The van der Waals surface area contributed by atoms with E-state index in [0.29, 0.717) is 5.92 Å². The van der Waals surface area contributed by atoms with Crippen molar-refractivity contribution in [1.82, 2.24) is 0 Å². The van der Waals surface area contributed by atoms with Crippen LogP contribution in [-0.4, -0.2) is 16.7 Å². The molecule has 3 nitrogen and oxygen atoms in total. The summed E-state index contributed by atoms with van der Waals surface area (Å²) >= 11 is 0. The van der Waals surface area contributed by atoms with E-state index >= 15 is 0 Å². The Bertz CT molecular complexity index is 511. The zero-order chi connectivity index (χ0) is 14.8. The second-order valence-corrected chi connectivity index (χ2v) is 5.98. The zero-order valence-corrected chi connectivity index (χ0v) is 12.2. The molecule has 0 spiro atoms. The van der Waals surface area contributed by atoms with Crippen molar-refractivity contribution < 1.29 is 14.6 Å². The van der Waals surface area contributed by atoms with E-state index in [2.05, 4.69) is 13.5 Å². The second kappa shape index (κ2) is 5.70. The zero-order valence-electron chi connectivity index (χ0n) is 12.2. The van der Waals surface area contributed by atoms with Crippen LogP contribution in [0.25, 0.3) is 0 Å². The van der Waals surface area contributed by atoms with Crippen LogP contribution in [0.5, 0.6) is 5.75 Å². The van der Waals surface area contributed by atoms with Gasteiger partial charge in [-0.25, -0.2) is 4.79 Å². The molecule has 0 aliphatic heterocycles. The third kappa shape index (κ3) is 3.21. The van der Waals surface area contributed by atoms with E-state index in [9.17, 15) is 9.90 Å². The molecule has 1 aromatic rings. The number of ether oxygens (including phenoxy) is 1. The summed E-state index contributed by atoms with van der Waals surface area (Å²) in [5, 5.41) is 9.70. The van der Waals surface area contributed by atoms with Crippen molar-refractivity contribution in [2.24, 2.45) is 5.92 Å². The van der Waals surface area contributed by atoms with Gasteiger partial charge in [0.05, 0.1) is 0 Å². The summed E-state index contributed by atoms with van der Waals surface area (Å²) in [6.45, 7) is 8.03. The summed E-state index contributed by atoms with van der Waals surface area (Å²) in [4.78, 5) is 12.2. The van der Waals surface area contributed by atoms with Crippen LogP contribution in [0.4, 0.5) is 0 Å². The number of phenols is 1. The maximum absolute atomic E-state index is 12.2. The smallest absolute Gasteiger partial charge is 0.342 e. The highest BCUT2D eigenvalue weighted by Gasteiger charge is 2.35. The Balaban J connectivity index is 2.02. The van der Waals surface area contributed by atoms with Gasteiger partial charge in [0, 0.05) is 0 Å². The topological polar surface area (TPSA) is 46.5 Å². The molecule has 0 saturated heterocycles. The molecule has 1 N–H and O–H groups in total. The third-order valence-electron chi connectivity index (χ3n) is 4.20. The Kier molecular flexibility index (Phi) is 4.17. The number of rotatable bonds is 3. The molecule has 0 atom stereocenters. The van der Waals surface area contributed by atoms with E-state index < -0.39 is 11.6 Å². The molecule has 0 unspecified atom stereocenters. The SMILES string of the molecule is C=C(C)C1CCC(C)(OC(=O)c2ccccc2O)CC1. The largest absolute Gasteiger partial charge is 0.507 e. The molecule has 1 aromatic carbocycles. The van der Waals surface area contributed by atoms with Gasteiger partial charge < -0.3 is 9.84 Å². The number of carbonyl (C=O) groups excluding carboxylic acids is 1. The fraction of sp³-hybridized carbons (Fsp3) is 0.471. The number of hydrogen-bond acceptors (Lipinski definition) is 3. The number of para-hydroxylation sites is 1. The number of phenolic OH excluding ortho intramolecular Hbond substituents is 1. The molecule has 3 heteroatoms. The molecule has 1 aliphatic carbocycles. The molecule has 20 heavy (non-hydrogen) atoms. The van der Waals surface area contributed by atoms with E-state index in [-0.39, 0.29) is 11.3 Å². The molecule has 1 aliphatic rings. The summed E-state index contributed by atoms with van der Waals surface area (Å²) < 4.78 is 5.65. The summed E-state index contributed by atoms with van der Waals surface area (Å²) in [5.41, 5.74) is 1.00. The Morgan fingerprint density at radius 1 is 1.35 bits per heavy atom. The summed E-state index contributed by atoms with van der Waals surface area (Å²) in [6.07, 6.45) is 3.67. The molecule has 108 valence electrons. The lowest BCUT2D eigenvalue weighted by Gasteiger charge is -2.37. The molecule has 0 heterocycles. The van der Waals surface area contributed by atoms with E-state index in [4.69, 9.17) is 4.74 Å². The highest BCUT2D eigenvalue weighted by atomic mass is 16.6. The molecule has 1 saturated carbocycles. The van der Waals surface area contributed by atoms with Gasteiger partial charge in [0.25, 0.3) is 0 Å². The van der Waals surface area contributed by atoms with Crippen molar-refractivity contribution in [2.45, 2.75) is 45.1 Å². The lowest BCUT2D eigenvalue weighted by molar-refractivity contribution is -0.0319. The number of hydrogen-bond donors (Lipinski definition) is 1. The Morgan fingerprint density at radius 3 is 2.50 bits per heavy atom. The Morgan fingerprint density at radius 2 is 1.95 bits per heavy atom. The molecule has 2 rings (SSSR count). The third-order valence-corrected chi connectivity index (χ3v) is 4.20. The minimum absolute atomic E-state index is 0.0308. The maximum atomic E-state index is 12.2. The normalized spacial score (nSPS) is 26.0.